The fourth-order valence-electron chi connectivity index (χ4n) is 1.47. The molecule has 0 aliphatic carbocycles. The van der Waals surface area contributed by atoms with Gasteiger partial charge in [-0.2, -0.15) is 0 Å². The van der Waals surface area contributed by atoms with Crippen LogP contribution in [0, 0.1) is 0 Å². The molecule has 0 spiro atoms. The third-order valence-electron chi connectivity index (χ3n) is 2.46. The number of hydrogen-bond acceptors (Lipinski definition) is 4. The lowest BCUT2D eigenvalue weighted by Crippen LogP contribution is -2.38. The second-order valence-corrected chi connectivity index (χ2v) is 3.94. The van der Waals surface area contributed by atoms with Gasteiger partial charge in [-0.1, -0.05) is 30.3 Å². The number of primary amides is 1. The summed E-state index contributed by atoms with van der Waals surface area (Å²) in [5.41, 5.74) is 5.84. The van der Waals surface area contributed by atoms with Crippen LogP contribution in [0.5, 0.6) is 0 Å². The summed E-state index contributed by atoms with van der Waals surface area (Å²) in [6.45, 7) is 0.118. The van der Waals surface area contributed by atoms with E-state index in [9.17, 15) is 14.4 Å². The van der Waals surface area contributed by atoms with Crippen LogP contribution in [0.4, 0.5) is 0 Å². The average molecular weight is 264 g/mol. The van der Waals surface area contributed by atoms with Crippen molar-refractivity contribution in [3.05, 3.63) is 35.9 Å². The summed E-state index contributed by atoms with van der Waals surface area (Å²) in [6, 6.07) is 8.30. The van der Waals surface area contributed by atoms with Crippen LogP contribution in [0.2, 0.25) is 0 Å². The van der Waals surface area contributed by atoms with Crippen molar-refractivity contribution in [3.63, 3.8) is 0 Å². The summed E-state index contributed by atoms with van der Waals surface area (Å²) >= 11 is 0. The van der Waals surface area contributed by atoms with E-state index in [0.717, 1.165) is 5.56 Å². The van der Waals surface area contributed by atoms with Crippen molar-refractivity contribution >= 4 is 18.3 Å². The van der Waals surface area contributed by atoms with E-state index < -0.39 is 17.9 Å². The molecule has 19 heavy (non-hydrogen) atoms. The molecule has 0 saturated carbocycles. The quantitative estimate of drug-likeness (QED) is 0.514. The third-order valence-corrected chi connectivity index (χ3v) is 2.46. The summed E-state index contributed by atoms with van der Waals surface area (Å²) in [5, 5.41) is 2.31. The van der Waals surface area contributed by atoms with E-state index in [1.54, 1.807) is 0 Å². The standard InChI is InChI=1S/C13H16N2O4/c14-12(17)7-6-11(15-9-16)13(18)19-8-10-4-2-1-3-5-10/h1-5,9,11H,6-8H2,(H2,14,17)(H,15,16)/t11-/m0/s1. The zero-order chi connectivity index (χ0) is 14.1. The van der Waals surface area contributed by atoms with Gasteiger partial charge in [0, 0.05) is 6.42 Å². The van der Waals surface area contributed by atoms with Gasteiger partial charge >= 0.3 is 5.97 Å². The van der Waals surface area contributed by atoms with Gasteiger partial charge < -0.3 is 15.8 Å². The summed E-state index contributed by atoms with van der Waals surface area (Å²) in [4.78, 5) is 32.8. The predicted octanol–water partition coefficient (Wildman–Crippen LogP) is 0.110. The maximum Gasteiger partial charge on any atom is 0.328 e. The first-order valence-corrected chi connectivity index (χ1v) is 5.82. The zero-order valence-electron chi connectivity index (χ0n) is 10.4. The fraction of sp³-hybridized carbons (Fsp3) is 0.308. The van der Waals surface area contributed by atoms with Gasteiger partial charge in [0.05, 0.1) is 0 Å². The molecule has 1 atom stereocenters. The van der Waals surface area contributed by atoms with Crippen LogP contribution in [-0.2, 0) is 25.7 Å². The van der Waals surface area contributed by atoms with E-state index in [0.29, 0.717) is 6.41 Å². The van der Waals surface area contributed by atoms with Gasteiger partial charge in [-0.05, 0) is 12.0 Å². The SMILES string of the molecule is NC(=O)CC[C@H](NC=O)C(=O)OCc1ccccc1. The molecular formula is C13H16N2O4. The first-order chi connectivity index (χ1) is 9.13. The van der Waals surface area contributed by atoms with Gasteiger partial charge in [0.1, 0.15) is 12.6 Å². The number of esters is 1. The van der Waals surface area contributed by atoms with E-state index in [4.69, 9.17) is 10.5 Å². The zero-order valence-corrected chi connectivity index (χ0v) is 10.4. The van der Waals surface area contributed by atoms with E-state index in [2.05, 4.69) is 5.32 Å². The average Bonchev–Trinajstić information content (AvgIpc) is 2.41. The Bertz CT molecular complexity index is 434. The van der Waals surface area contributed by atoms with Gasteiger partial charge in [0.25, 0.3) is 0 Å². The van der Waals surface area contributed by atoms with E-state index in [1.165, 1.54) is 0 Å². The number of hydrogen-bond donors (Lipinski definition) is 2. The number of benzene rings is 1. The Hall–Kier alpha value is -2.37. The fourth-order valence-corrected chi connectivity index (χ4v) is 1.47. The summed E-state index contributed by atoms with van der Waals surface area (Å²) in [6.07, 6.45) is 0.531. The first-order valence-electron chi connectivity index (χ1n) is 5.82. The van der Waals surface area contributed by atoms with Crippen molar-refractivity contribution in [2.75, 3.05) is 0 Å². The number of rotatable bonds is 8. The molecule has 0 heterocycles. The molecule has 6 nitrogen and oxygen atoms in total. The van der Waals surface area contributed by atoms with Crippen molar-refractivity contribution < 1.29 is 19.1 Å². The molecule has 3 N–H and O–H groups in total. The molecule has 0 aliphatic rings. The van der Waals surface area contributed by atoms with Crippen LogP contribution >= 0.6 is 0 Å². The van der Waals surface area contributed by atoms with Gasteiger partial charge in [0.15, 0.2) is 0 Å². The summed E-state index contributed by atoms with van der Waals surface area (Å²) < 4.78 is 5.06. The van der Waals surface area contributed by atoms with Crippen LogP contribution < -0.4 is 11.1 Å². The molecule has 1 aromatic carbocycles. The molecule has 0 saturated heterocycles. The second kappa shape index (κ2) is 7.86. The maximum atomic E-state index is 11.7. The second-order valence-electron chi connectivity index (χ2n) is 3.94. The Morgan fingerprint density at radius 2 is 2.00 bits per heavy atom. The van der Waals surface area contributed by atoms with E-state index >= 15 is 0 Å². The molecule has 0 aromatic heterocycles. The highest BCUT2D eigenvalue weighted by Gasteiger charge is 2.19. The molecular weight excluding hydrogens is 248 g/mol. The van der Waals surface area contributed by atoms with Gasteiger partial charge in [-0.3, -0.25) is 9.59 Å². The van der Waals surface area contributed by atoms with E-state index in [-0.39, 0.29) is 19.4 Å². The molecule has 0 bridgehead atoms. The van der Waals surface area contributed by atoms with Crippen LogP contribution in [-0.4, -0.2) is 24.3 Å². The first kappa shape index (κ1) is 14.7. The van der Waals surface area contributed by atoms with Crippen molar-refractivity contribution in [3.8, 4) is 0 Å². The highest BCUT2D eigenvalue weighted by molar-refractivity contribution is 5.80. The van der Waals surface area contributed by atoms with Crippen molar-refractivity contribution in [1.82, 2.24) is 5.32 Å². The predicted molar refractivity (Wildman–Crippen MR) is 67.7 cm³/mol. The Balaban J connectivity index is 2.47. The number of carbonyl (C=O) groups is 3. The highest BCUT2D eigenvalue weighted by Crippen LogP contribution is 2.04. The molecule has 1 aromatic rings. The smallest absolute Gasteiger partial charge is 0.328 e. The Kier molecular flexibility index (Phi) is 6.08. The molecule has 102 valence electrons. The minimum atomic E-state index is -0.853. The summed E-state index contributed by atoms with van der Waals surface area (Å²) in [7, 11) is 0. The normalized spacial score (nSPS) is 11.4. The number of nitrogens with two attached hydrogens (primary N) is 1. The molecule has 2 amide bonds. The minimum absolute atomic E-state index is 0.00590. The summed E-state index contributed by atoms with van der Waals surface area (Å²) in [5.74, 6) is -1.12. The number of amides is 2. The van der Waals surface area contributed by atoms with Crippen molar-refractivity contribution in [2.24, 2.45) is 5.73 Å². The Labute approximate surface area is 110 Å². The van der Waals surface area contributed by atoms with Crippen LogP contribution in [0.1, 0.15) is 18.4 Å². The number of nitrogens with one attached hydrogen (secondary N) is 1. The monoisotopic (exact) mass is 264 g/mol. The van der Waals surface area contributed by atoms with Crippen LogP contribution in [0.15, 0.2) is 30.3 Å². The number of ether oxygens (including phenoxy) is 1. The number of carbonyl (C=O) groups excluding carboxylic acids is 3. The van der Waals surface area contributed by atoms with Gasteiger partial charge in [0.2, 0.25) is 12.3 Å². The minimum Gasteiger partial charge on any atom is -0.459 e. The topological polar surface area (TPSA) is 98.5 Å². The molecule has 0 aliphatic heterocycles. The van der Waals surface area contributed by atoms with E-state index in [1.807, 2.05) is 30.3 Å². The van der Waals surface area contributed by atoms with Crippen molar-refractivity contribution in [1.29, 1.82) is 0 Å². The van der Waals surface area contributed by atoms with Gasteiger partial charge in [-0.25, -0.2) is 4.79 Å². The Morgan fingerprint density at radius 1 is 1.32 bits per heavy atom. The Morgan fingerprint density at radius 3 is 2.58 bits per heavy atom. The molecule has 1 rings (SSSR count). The molecule has 6 heteroatoms. The molecule has 0 fully saturated rings. The highest BCUT2D eigenvalue weighted by atomic mass is 16.5. The lowest BCUT2D eigenvalue weighted by Gasteiger charge is -2.14. The lowest BCUT2D eigenvalue weighted by molar-refractivity contribution is -0.148. The molecule has 0 radical (unpaired) electrons. The third kappa shape index (κ3) is 5.67. The van der Waals surface area contributed by atoms with Crippen molar-refractivity contribution in [2.45, 2.75) is 25.5 Å². The molecule has 0 unspecified atom stereocenters. The maximum absolute atomic E-state index is 11.7. The van der Waals surface area contributed by atoms with Crippen LogP contribution in [0.25, 0.3) is 0 Å². The van der Waals surface area contributed by atoms with Crippen LogP contribution in [0.3, 0.4) is 0 Å². The van der Waals surface area contributed by atoms with Gasteiger partial charge in [-0.15, -0.1) is 0 Å². The lowest BCUT2D eigenvalue weighted by atomic mass is 10.1. The largest absolute Gasteiger partial charge is 0.459 e.